The number of amides is 1. The molecule has 130 valence electrons. The number of hydrogen-bond acceptors (Lipinski definition) is 4. The van der Waals surface area contributed by atoms with Crippen molar-refractivity contribution in [2.24, 2.45) is 0 Å². The molecule has 5 heteroatoms. The Morgan fingerprint density at radius 3 is 2.44 bits per heavy atom. The summed E-state index contributed by atoms with van der Waals surface area (Å²) in [6.45, 7) is 0.198. The molecule has 0 unspecified atom stereocenters. The Morgan fingerprint density at radius 2 is 1.72 bits per heavy atom. The van der Waals surface area contributed by atoms with E-state index in [-0.39, 0.29) is 18.3 Å². The van der Waals surface area contributed by atoms with Gasteiger partial charge in [0.1, 0.15) is 6.61 Å². The fraction of sp³-hybridized carbons (Fsp3) is 0.200. The van der Waals surface area contributed by atoms with Crippen molar-refractivity contribution in [1.82, 2.24) is 4.90 Å². The zero-order valence-corrected chi connectivity index (χ0v) is 15.2. The second-order valence-electron chi connectivity index (χ2n) is 5.48. The Kier molecular flexibility index (Phi) is 7.29. The van der Waals surface area contributed by atoms with Gasteiger partial charge < -0.3 is 9.64 Å². The molecule has 1 amide bonds. The minimum atomic E-state index is -0.391. The van der Waals surface area contributed by atoms with Gasteiger partial charge in [-0.3, -0.25) is 4.79 Å². The average molecular weight is 355 g/mol. The van der Waals surface area contributed by atoms with Crippen LogP contribution in [0.2, 0.25) is 0 Å². The highest BCUT2D eigenvalue weighted by Gasteiger charge is 2.14. The second-order valence-corrected chi connectivity index (χ2v) is 6.50. The van der Waals surface area contributed by atoms with Gasteiger partial charge in [-0.15, -0.1) is 11.8 Å². The van der Waals surface area contributed by atoms with Gasteiger partial charge in [0.15, 0.2) is 0 Å². The van der Waals surface area contributed by atoms with Crippen molar-refractivity contribution < 1.29 is 14.3 Å². The SMILES string of the molecule is CN(C)C(=O)CSc1ccccc1C(=O)OC/C=C/c1ccccc1. The van der Waals surface area contributed by atoms with Crippen LogP contribution < -0.4 is 0 Å². The summed E-state index contributed by atoms with van der Waals surface area (Å²) in [5.74, 6) is -0.109. The summed E-state index contributed by atoms with van der Waals surface area (Å²) in [5, 5.41) is 0. The van der Waals surface area contributed by atoms with E-state index < -0.39 is 5.97 Å². The molecule has 4 nitrogen and oxygen atoms in total. The van der Waals surface area contributed by atoms with Crippen LogP contribution in [0.3, 0.4) is 0 Å². The van der Waals surface area contributed by atoms with Gasteiger partial charge in [-0.25, -0.2) is 4.79 Å². The molecular weight excluding hydrogens is 334 g/mol. The number of ether oxygens (including phenoxy) is 1. The minimum Gasteiger partial charge on any atom is -0.458 e. The first-order valence-electron chi connectivity index (χ1n) is 7.88. The van der Waals surface area contributed by atoms with E-state index in [4.69, 9.17) is 4.74 Å². The summed E-state index contributed by atoms with van der Waals surface area (Å²) in [7, 11) is 3.42. The van der Waals surface area contributed by atoms with E-state index in [2.05, 4.69) is 0 Å². The molecule has 0 fully saturated rings. The summed E-state index contributed by atoms with van der Waals surface area (Å²) in [6, 6.07) is 17.0. The van der Waals surface area contributed by atoms with Gasteiger partial charge in [-0.1, -0.05) is 48.5 Å². The van der Waals surface area contributed by atoms with Gasteiger partial charge in [0, 0.05) is 19.0 Å². The molecule has 0 bridgehead atoms. The fourth-order valence-electron chi connectivity index (χ4n) is 1.98. The highest BCUT2D eigenvalue weighted by Crippen LogP contribution is 2.23. The molecule has 2 rings (SSSR count). The number of rotatable bonds is 7. The van der Waals surface area contributed by atoms with E-state index >= 15 is 0 Å². The van der Waals surface area contributed by atoms with E-state index in [1.165, 1.54) is 16.7 Å². The predicted octanol–water partition coefficient (Wildman–Crippen LogP) is 3.74. The van der Waals surface area contributed by atoms with Crippen molar-refractivity contribution >= 4 is 29.7 Å². The van der Waals surface area contributed by atoms with Crippen molar-refractivity contribution in [3.63, 3.8) is 0 Å². The maximum absolute atomic E-state index is 12.3. The van der Waals surface area contributed by atoms with Crippen LogP contribution in [-0.2, 0) is 9.53 Å². The molecule has 0 saturated heterocycles. The first-order chi connectivity index (χ1) is 12.1. The third-order valence-corrected chi connectivity index (χ3v) is 4.44. The van der Waals surface area contributed by atoms with Crippen molar-refractivity contribution in [1.29, 1.82) is 0 Å². The topological polar surface area (TPSA) is 46.6 Å². The number of carbonyl (C=O) groups excluding carboxylic acids is 2. The molecule has 0 aliphatic carbocycles. The molecule has 0 atom stereocenters. The molecule has 0 aromatic heterocycles. The van der Waals surface area contributed by atoms with Gasteiger partial charge in [-0.05, 0) is 23.8 Å². The molecule has 0 aliphatic rings. The highest BCUT2D eigenvalue weighted by atomic mass is 32.2. The predicted molar refractivity (Wildman–Crippen MR) is 102 cm³/mol. The van der Waals surface area contributed by atoms with E-state index in [0.29, 0.717) is 5.56 Å². The molecule has 0 spiro atoms. The zero-order valence-electron chi connectivity index (χ0n) is 14.3. The maximum atomic E-state index is 12.3. The summed E-state index contributed by atoms with van der Waals surface area (Å²) in [5.41, 5.74) is 1.53. The molecular formula is C20H21NO3S. The van der Waals surface area contributed by atoms with Crippen LogP contribution in [0.15, 0.2) is 65.6 Å². The number of thioether (sulfide) groups is 1. The van der Waals surface area contributed by atoms with Crippen LogP contribution in [0, 0.1) is 0 Å². The lowest BCUT2D eigenvalue weighted by molar-refractivity contribution is -0.125. The monoisotopic (exact) mass is 355 g/mol. The van der Waals surface area contributed by atoms with Crippen LogP contribution >= 0.6 is 11.8 Å². The molecule has 2 aromatic carbocycles. The largest absolute Gasteiger partial charge is 0.458 e. The van der Waals surface area contributed by atoms with Gasteiger partial charge in [0.2, 0.25) is 5.91 Å². The lowest BCUT2D eigenvalue weighted by Crippen LogP contribution is -2.23. The van der Waals surface area contributed by atoms with Gasteiger partial charge >= 0.3 is 5.97 Å². The van der Waals surface area contributed by atoms with Crippen molar-refractivity contribution in [3.8, 4) is 0 Å². The molecule has 25 heavy (non-hydrogen) atoms. The van der Waals surface area contributed by atoms with Crippen molar-refractivity contribution in [2.45, 2.75) is 4.90 Å². The number of hydrogen-bond donors (Lipinski definition) is 0. The van der Waals surface area contributed by atoms with Gasteiger partial charge in [0.25, 0.3) is 0 Å². The van der Waals surface area contributed by atoms with Gasteiger partial charge in [0.05, 0.1) is 11.3 Å². The molecule has 0 aliphatic heterocycles. The van der Waals surface area contributed by atoms with Crippen LogP contribution in [0.25, 0.3) is 6.08 Å². The Balaban J connectivity index is 1.92. The van der Waals surface area contributed by atoms with E-state index in [9.17, 15) is 9.59 Å². The van der Waals surface area contributed by atoms with E-state index in [1.807, 2.05) is 48.5 Å². The summed E-state index contributed by atoms with van der Waals surface area (Å²) >= 11 is 1.34. The lowest BCUT2D eigenvalue weighted by atomic mass is 10.2. The number of benzene rings is 2. The molecule has 0 radical (unpaired) electrons. The fourth-order valence-corrected chi connectivity index (χ4v) is 3.00. The summed E-state index contributed by atoms with van der Waals surface area (Å²) in [4.78, 5) is 26.3. The van der Waals surface area contributed by atoms with Crippen molar-refractivity contribution in [2.75, 3.05) is 26.5 Å². The highest BCUT2D eigenvalue weighted by molar-refractivity contribution is 8.00. The lowest BCUT2D eigenvalue weighted by Gasteiger charge is -2.11. The molecule has 0 N–H and O–H groups in total. The van der Waals surface area contributed by atoms with Gasteiger partial charge in [-0.2, -0.15) is 0 Å². The smallest absolute Gasteiger partial charge is 0.339 e. The average Bonchev–Trinajstić information content (AvgIpc) is 2.64. The number of esters is 1. The number of carbonyl (C=O) groups is 2. The quantitative estimate of drug-likeness (QED) is 0.561. The molecule has 0 saturated carbocycles. The zero-order chi connectivity index (χ0) is 18.1. The van der Waals surface area contributed by atoms with Crippen molar-refractivity contribution in [3.05, 3.63) is 71.8 Å². The third-order valence-electron chi connectivity index (χ3n) is 3.38. The third kappa shape index (κ3) is 6.12. The Morgan fingerprint density at radius 1 is 1.04 bits per heavy atom. The minimum absolute atomic E-state index is 0.000958. The number of nitrogens with zero attached hydrogens (tertiary/aromatic N) is 1. The first-order valence-corrected chi connectivity index (χ1v) is 8.87. The van der Waals surface area contributed by atoms with Crippen LogP contribution in [0.4, 0.5) is 0 Å². The Bertz CT molecular complexity index is 742. The summed E-state index contributed by atoms with van der Waals surface area (Å²) in [6.07, 6.45) is 3.71. The second kappa shape index (κ2) is 9.69. The van der Waals surface area contributed by atoms with E-state index in [0.717, 1.165) is 10.5 Å². The van der Waals surface area contributed by atoms with Crippen LogP contribution in [0.1, 0.15) is 15.9 Å². The normalized spacial score (nSPS) is 10.6. The first kappa shape index (κ1) is 18.8. The van der Waals surface area contributed by atoms with E-state index in [1.54, 1.807) is 32.3 Å². The summed E-state index contributed by atoms with van der Waals surface area (Å²) < 4.78 is 5.31. The van der Waals surface area contributed by atoms with Crippen LogP contribution in [0.5, 0.6) is 0 Å². The maximum Gasteiger partial charge on any atom is 0.339 e. The molecule has 0 heterocycles. The molecule has 2 aromatic rings. The van der Waals surface area contributed by atoms with Crippen LogP contribution in [-0.4, -0.2) is 43.2 Å². The standard InChI is InChI=1S/C20H21NO3S/c1-21(2)19(22)15-25-18-13-7-6-12-17(18)20(23)24-14-8-11-16-9-4-3-5-10-16/h3-13H,14-15H2,1-2H3/b11-8+. The Labute approximate surface area is 152 Å². The Hall–Kier alpha value is -2.53.